The van der Waals surface area contributed by atoms with Crippen molar-refractivity contribution in [2.24, 2.45) is 5.92 Å². The quantitative estimate of drug-likeness (QED) is 0.779. The normalized spacial score (nSPS) is 26.1. The van der Waals surface area contributed by atoms with Gasteiger partial charge in [-0.3, -0.25) is 9.69 Å². The standard InChI is InChI=1S/C16H30N4O/c1-6-13-9-20(14(7-2)8-18-13)10-15(21)19-16(5,11-17)12(3)4/h12-14,18H,6-10H2,1-5H3,(H,19,21). The van der Waals surface area contributed by atoms with E-state index in [-0.39, 0.29) is 11.8 Å². The molecule has 1 amide bonds. The van der Waals surface area contributed by atoms with E-state index >= 15 is 0 Å². The van der Waals surface area contributed by atoms with Gasteiger partial charge in [-0.05, 0) is 25.7 Å². The second-order valence-corrected chi connectivity index (χ2v) is 6.52. The molecule has 2 N–H and O–H groups in total. The number of nitriles is 1. The Morgan fingerprint density at radius 3 is 2.62 bits per heavy atom. The Morgan fingerprint density at radius 1 is 1.48 bits per heavy atom. The van der Waals surface area contributed by atoms with Crippen molar-refractivity contribution in [1.29, 1.82) is 5.26 Å². The van der Waals surface area contributed by atoms with Crippen LogP contribution in [0, 0.1) is 17.2 Å². The fourth-order valence-corrected chi connectivity index (χ4v) is 2.61. The molecule has 0 bridgehead atoms. The molecule has 0 aromatic carbocycles. The van der Waals surface area contributed by atoms with Crippen LogP contribution in [0.1, 0.15) is 47.5 Å². The second kappa shape index (κ2) is 7.77. The Morgan fingerprint density at radius 2 is 2.14 bits per heavy atom. The van der Waals surface area contributed by atoms with Gasteiger partial charge >= 0.3 is 0 Å². The maximum absolute atomic E-state index is 12.3. The first-order valence-corrected chi connectivity index (χ1v) is 8.05. The molecule has 1 aliphatic rings. The first-order valence-electron chi connectivity index (χ1n) is 8.05. The maximum atomic E-state index is 12.3. The van der Waals surface area contributed by atoms with Gasteiger partial charge in [-0.15, -0.1) is 0 Å². The van der Waals surface area contributed by atoms with E-state index in [1.807, 2.05) is 13.8 Å². The molecule has 0 aromatic rings. The fraction of sp³-hybridized carbons (Fsp3) is 0.875. The number of carbonyl (C=O) groups excluding carboxylic acids is 1. The lowest BCUT2D eigenvalue weighted by Crippen LogP contribution is -2.59. The highest BCUT2D eigenvalue weighted by atomic mass is 16.2. The highest BCUT2D eigenvalue weighted by Crippen LogP contribution is 2.16. The van der Waals surface area contributed by atoms with Gasteiger partial charge in [0.15, 0.2) is 0 Å². The van der Waals surface area contributed by atoms with Crippen LogP contribution in [0.3, 0.4) is 0 Å². The Labute approximate surface area is 129 Å². The second-order valence-electron chi connectivity index (χ2n) is 6.52. The van der Waals surface area contributed by atoms with E-state index in [2.05, 4.69) is 35.5 Å². The first-order chi connectivity index (χ1) is 9.86. The minimum atomic E-state index is -0.795. The van der Waals surface area contributed by atoms with E-state index in [0.29, 0.717) is 18.6 Å². The van der Waals surface area contributed by atoms with E-state index in [9.17, 15) is 10.1 Å². The number of nitrogens with zero attached hydrogens (tertiary/aromatic N) is 2. The van der Waals surface area contributed by atoms with Crippen LogP contribution in [0.4, 0.5) is 0 Å². The van der Waals surface area contributed by atoms with Gasteiger partial charge in [-0.25, -0.2) is 0 Å². The third-order valence-electron chi connectivity index (χ3n) is 4.71. The molecule has 1 rings (SSSR count). The van der Waals surface area contributed by atoms with Crippen LogP contribution in [0.25, 0.3) is 0 Å². The van der Waals surface area contributed by atoms with Gasteiger partial charge in [0.1, 0.15) is 5.54 Å². The zero-order valence-electron chi connectivity index (χ0n) is 14.1. The molecule has 0 spiro atoms. The number of hydrogen-bond acceptors (Lipinski definition) is 4. The first kappa shape index (κ1) is 17.9. The molecule has 5 heteroatoms. The summed E-state index contributed by atoms with van der Waals surface area (Å²) in [6.07, 6.45) is 2.09. The molecule has 120 valence electrons. The molecule has 3 atom stereocenters. The van der Waals surface area contributed by atoms with Crippen LogP contribution in [0.5, 0.6) is 0 Å². The van der Waals surface area contributed by atoms with Crippen molar-refractivity contribution in [2.75, 3.05) is 19.6 Å². The molecule has 5 nitrogen and oxygen atoms in total. The zero-order valence-corrected chi connectivity index (χ0v) is 14.1. The summed E-state index contributed by atoms with van der Waals surface area (Å²) >= 11 is 0. The molecule has 1 fully saturated rings. The highest BCUT2D eigenvalue weighted by molar-refractivity contribution is 5.79. The van der Waals surface area contributed by atoms with Crippen molar-refractivity contribution >= 4 is 5.91 Å². The van der Waals surface area contributed by atoms with Crippen LogP contribution in [0.15, 0.2) is 0 Å². The largest absolute Gasteiger partial charge is 0.337 e. The number of nitrogens with one attached hydrogen (secondary N) is 2. The van der Waals surface area contributed by atoms with Crippen molar-refractivity contribution in [3.63, 3.8) is 0 Å². The monoisotopic (exact) mass is 294 g/mol. The number of rotatable bonds is 6. The topological polar surface area (TPSA) is 68.2 Å². The summed E-state index contributed by atoms with van der Waals surface area (Å²) in [4.78, 5) is 14.6. The number of amides is 1. The van der Waals surface area contributed by atoms with E-state index < -0.39 is 5.54 Å². The lowest BCUT2D eigenvalue weighted by atomic mass is 9.90. The summed E-state index contributed by atoms with van der Waals surface area (Å²) in [5.41, 5.74) is -0.795. The SMILES string of the molecule is CCC1CN(CC(=O)NC(C)(C#N)C(C)C)C(CC)CN1. The van der Waals surface area contributed by atoms with Crippen LogP contribution in [-0.4, -0.2) is 48.1 Å². The van der Waals surface area contributed by atoms with Gasteiger partial charge in [0, 0.05) is 25.2 Å². The molecular weight excluding hydrogens is 264 g/mol. The van der Waals surface area contributed by atoms with Crippen LogP contribution in [-0.2, 0) is 4.79 Å². The Kier molecular flexibility index (Phi) is 6.63. The molecule has 1 aliphatic heterocycles. The summed E-state index contributed by atoms with van der Waals surface area (Å²) in [6, 6.07) is 3.07. The minimum absolute atomic E-state index is 0.0528. The predicted molar refractivity (Wildman–Crippen MR) is 84.7 cm³/mol. The Balaban J connectivity index is 2.65. The summed E-state index contributed by atoms with van der Waals surface area (Å²) in [5, 5.41) is 15.7. The maximum Gasteiger partial charge on any atom is 0.235 e. The van der Waals surface area contributed by atoms with Crippen LogP contribution >= 0.6 is 0 Å². The van der Waals surface area contributed by atoms with Crippen molar-refractivity contribution in [3.8, 4) is 6.07 Å². The average Bonchev–Trinajstić information content (AvgIpc) is 2.46. The number of piperazine rings is 1. The molecule has 21 heavy (non-hydrogen) atoms. The van der Waals surface area contributed by atoms with Crippen molar-refractivity contribution in [3.05, 3.63) is 0 Å². The molecule has 0 aliphatic carbocycles. The number of carbonyl (C=O) groups is 1. The average molecular weight is 294 g/mol. The molecule has 0 radical (unpaired) electrons. The van der Waals surface area contributed by atoms with Gasteiger partial charge in [-0.1, -0.05) is 27.7 Å². The number of hydrogen-bond donors (Lipinski definition) is 2. The summed E-state index contributed by atoms with van der Waals surface area (Å²) < 4.78 is 0. The zero-order chi connectivity index (χ0) is 16.0. The summed E-state index contributed by atoms with van der Waals surface area (Å²) in [7, 11) is 0. The lowest BCUT2D eigenvalue weighted by Gasteiger charge is -2.40. The van der Waals surface area contributed by atoms with Crippen molar-refractivity contribution in [1.82, 2.24) is 15.5 Å². The predicted octanol–water partition coefficient (Wildman–Crippen LogP) is 1.50. The molecule has 0 aromatic heterocycles. The summed E-state index contributed by atoms with van der Waals surface area (Å²) in [5.74, 6) is 0.0304. The molecular formula is C16H30N4O. The Bertz CT molecular complexity index is 390. The van der Waals surface area contributed by atoms with E-state index in [1.165, 1.54) is 0 Å². The van der Waals surface area contributed by atoms with E-state index in [0.717, 1.165) is 25.9 Å². The third kappa shape index (κ3) is 4.69. The van der Waals surface area contributed by atoms with E-state index in [1.54, 1.807) is 6.92 Å². The third-order valence-corrected chi connectivity index (χ3v) is 4.71. The molecule has 3 unspecified atom stereocenters. The minimum Gasteiger partial charge on any atom is -0.337 e. The van der Waals surface area contributed by atoms with Crippen LogP contribution in [0.2, 0.25) is 0 Å². The van der Waals surface area contributed by atoms with E-state index in [4.69, 9.17) is 0 Å². The molecule has 1 saturated heterocycles. The van der Waals surface area contributed by atoms with Gasteiger partial charge in [0.2, 0.25) is 5.91 Å². The molecule has 0 saturated carbocycles. The van der Waals surface area contributed by atoms with Crippen molar-refractivity contribution in [2.45, 2.75) is 65.1 Å². The molecule has 1 heterocycles. The van der Waals surface area contributed by atoms with Gasteiger partial charge in [-0.2, -0.15) is 5.26 Å². The van der Waals surface area contributed by atoms with Crippen LogP contribution < -0.4 is 10.6 Å². The summed E-state index contributed by atoms with van der Waals surface area (Å²) in [6.45, 7) is 12.2. The van der Waals surface area contributed by atoms with Crippen molar-refractivity contribution < 1.29 is 4.79 Å². The smallest absolute Gasteiger partial charge is 0.235 e. The highest BCUT2D eigenvalue weighted by Gasteiger charge is 2.32. The Hall–Kier alpha value is -1.12. The lowest BCUT2D eigenvalue weighted by molar-refractivity contribution is -0.124. The fourth-order valence-electron chi connectivity index (χ4n) is 2.61. The van der Waals surface area contributed by atoms with Gasteiger partial charge in [0.25, 0.3) is 0 Å². The van der Waals surface area contributed by atoms with Gasteiger partial charge < -0.3 is 10.6 Å². The van der Waals surface area contributed by atoms with Gasteiger partial charge in [0.05, 0.1) is 12.6 Å².